The van der Waals surface area contributed by atoms with E-state index in [4.69, 9.17) is 11.6 Å². The molecule has 0 bridgehead atoms. The summed E-state index contributed by atoms with van der Waals surface area (Å²) >= 11 is 6.09. The Labute approximate surface area is 146 Å². The number of nitrogens with one attached hydrogen (secondary N) is 2. The maximum absolute atomic E-state index is 12.5. The van der Waals surface area contributed by atoms with Crippen LogP contribution in [-0.4, -0.2) is 21.9 Å². The highest BCUT2D eigenvalue weighted by molar-refractivity contribution is 6.33. The molecule has 0 atom stereocenters. The van der Waals surface area contributed by atoms with Gasteiger partial charge in [0.15, 0.2) is 0 Å². The highest BCUT2D eigenvalue weighted by atomic mass is 35.5. The Hall–Kier alpha value is -2.14. The number of hydrogen-bond acceptors (Lipinski definition) is 4. The van der Waals surface area contributed by atoms with Gasteiger partial charge in [0.05, 0.1) is 10.7 Å². The average molecular weight is 345 g/mol. The fourth-order valence-electron chi connectivity index (χ4n) is 2.93. The Bertz CT molecular complexity index is 729. The lowest BCUT2D eigenvalue weighted by molar-refractivity contribution is 0.102. The van der Waals surface area contributed by atoms with E-state index in [1.165, 1.54) is 19.3 Å². The van der Waals surface area contributed by atoms with Gasteiger partial charge in [-0.05, 0) is 38.0 Å². The van der Waals surface area contributed by atoms with Crippen LogP contribution in [0.5, 0.6) is 0 Å². The molecule has 1 aromatic carbocycles. The van der Waals surface area contributed by atoms with Gasteiger partial charge in [-0.3, -0.25) is 4.79 Å². The lowest BCUT2D eigenvalue weighted by Gasteiger charge is -2.23. The first-order chi connectivity index (χ1) is 11.6. The Morgan fingerprint density at radius 1 is 1.17 bits per heavy atom. The molecule has 1 aliphatic rings. The van der Waals surface area contributed by atoms with Crippen LogP contribution in [0.1, 0.15) is 48.3 Å². The van der Waals surface area contributed by atoms with Crippen molar-refractivity contribution in [1.82, 2.24) is 9.97 Å². The minimum absolute atomic E-state index is 0.291. The van der Waals surface area contributed by atoms with Gasteiger partial charge in [0.25, 0.3) is 5.91 Å². The van der Waals surface area contributed by atoms with Gasteiger partial charge in [-0.2, -0.15) is 0 Å². The first kappa shape index (κ1) is 16.7. The number of halogens is 1. The van der Waals surface area contributed by atoms with Gasteiger partial charge in [-0.15, -0.1) is 0 Å². The van der Waals surface area contributed by atoms with Crippen LogP contribution in [-0.2, 0) is 0 Å². The summed E-state index contributed by atoms with van der Waals surface area (Å²) in [5.74, 6) is 0.228. The molecule has 1 saturated carbocycles. The van der Waals surface area contributed by atoms with Gasteiger partial charge in [0.2, 0.25) is 5.95 Å². The van der Waals surface area contributed by atoms with Crippen LogP contribution >= 0.6 is 11.6 Å². The second-order valence-electron chi connectivity index (χ2n) is 6.13. The first-order valence-corrected chi connectivity index (χ1v) is 8.68. The van der Waals surface area contributed by atoms with E-state index >= 15 is 0 Å². The molecule has 0 saturated heterocycles. The van der Waals surface area contributed by atoms with Crippen molar-refractivity contribution in [3.05, 3.63) is 46.7 Å². The van der Waals surface area contributed by atoms with Crippen molar-refractivity contribution in [2.45, 2.75) is 45.1 Å². The largest absolute Gasteiger partial charge is 0.351 e. The number of benzene rings is 1. The summed E-state index contributed by atoms with van der Waals surface area (Å²) in [5.41, 5.74) is 1.66. The van der Waals surface area contributed by atoms with Gasteiger partial charge in [-0.1, -0.05) is 43.0 Å². The number of para-hydroxylation sites is 1. The summed E-state index contributed by atoms with van der Waals surface area (Å²) in [6.45, 7) is 1.86. The summed E-state index contributed by atoms with van der Waals surface area (Å²) in [6, 6.07) is 9.20. The highest BCUT2D eigenvalue weighted by Crippen LogP contribution is 2.22. The molecular weight excluding hydrogens is 324 g/mol. The van der Waals surface area contributed by atoms with E-state index in [1.54, 1.807) is 18.2 Å². The lowest BCUT2D eigenvalue weighted by Crippen LogP contribution is -2.24. The number of carbonyl (C=O) groups is 1. The molecule has 24 heavy (non-hydrogen) atoms. The van der Waals surface area contributed by atoms with Crippen molar-refractivity contribution in [3.8, 4) is 0 Å². The van der Waals surface area contributed by atoms with Crippen LogP contribution in [0.3, 0.4) is 0 Å². The quantitative estimate of drug-likeness (QED) is 0.860. The monoisotopic (exact) mass is 344 g/mol. The molecule has 1 amide bonds. The number of amides is 1. The molecule has 0 radical (unpaired) electrons. The number of anilines is 2. The molecule has 126 valence electrons. The van der Waals surface area contributed by atoms with E-state index in [-0.39, 0.29) is 5.91 Å². The average Bonchev–Trinajstić information content (AvgIpc) is 2.57. The molecule has 0 unspecified atom stereocenters. The Morgan fingerprint density at radius 3 is 2.67 bits per heavy atom. The van der Waals surface area contributed by atoms with Crippen LogP contribution < -0.4 is 10.6 Å². The van der Waals surface area contributed by atoms with E-state index in [2.05, 4.69) is 20.6 Å². The van der Waals surface area contributed by atoms with Crippen molar-refractivity contribution >= 4 is 29.1 Å². The highest BCUT2D eigenvalue weighted by Gasteiger charge is 2.16. The summed E-state index contributed by atoms with van der Waals surface area (Å²) in [6.07, 6.45) is 5.99. The van der Waals surface area contributed by atoms with E-state index in [1.807, 2.05) is 19.1 Å². The zero-order chi connectivity index (χ0) is 16.9. The van der Waals surface area contributed by atoms with Crippen molar-refractivity contribution in [1.29, 1.82) is 0 Å². The number of aryl methyl sites for hydroxylation is 1. The number of hydrogen-bond donors (Lipinski definition) is 2. The Kier molecular flexibility index (Phi) is 5.30. The van der Waals surface area contributed by atoms with E-state index in [9.17, 15) is 4.79 Å². The summed E-state index contributed by atoms with van der Waals surface area (Å²) in [4.78, 5) is 21.3. The molecule has 6 heteroatoms. The lowest BCUT2D eigenvalue weighted by atomic mass is 9.96. The third-order valence-electron chi connectivity index (χ3n) is 4.15. The molecule has 0 spiro atoms. The maximum Gasteiger partial charge on any atom is 0.274 e. The van der Waals surface area contributed by atoms with Gasteiger partial charge in [0, 0.05) is 11.7 Å². The van der Waals surface area contributed by atoms with Crippen LogP contribution in [0.4, 0.5) is 11.6 Å². The molecule has 1 aromatic heterocycles. The van der Waals surface area contributed by atoms with Crippen LogP contribution in [0.2, 0.25) is 5.02 Å². The van der Waals surface area contributed by atoms with Crippen molar-refractivity contribution < 1.29 is 4.79 Å². The predicted octanol–water partition coefficient (Wildman–Crippen LogP) is 4.44. The molecule has 5 nitrogen and oxygen atoms in total. The van der Waals surface area contributed by atoms with Crippen LogP contribution in [0.15, 0.2) is 30.3 Å². The number of carbonyl (C=O) groups excluding carboxylic acids is 1. The molecule has 3 rings (SSSR count). The van der Waals surface area contributed by atoms with Crippen molar-refractivity contribution in [3.63, 3.8) is 0 Å². The van der Waals surface area contributed by atoms with Crippen molar-refractivity contribution in [2.75, 3.05) is 10.6 Å². The normalized spacial score (nSPS) is 15.1. The smallest absolute Gasteiger partial charge is 0.274 e. The minimum atomic E-state index is -0.291. The van der Waals surface area contributed by atoms with Gasteiger partial charge in [-0.25, -0.2) is 9.97 Å². The molecule has 0 aliphatic heterocycles. The van der Waals surface area contributed by atoms with Gasteiger partial charge in [0.1, 0.15) is 5.69 Å². The summed E-state index contributed by atoms with van der Waals surface area (Å²) in [5, 5.41) is 6.66. The summed E-state index contributed by atoms with van der Waals surface area (Å²) in [7, 11) is 0. The zero-order valence-electron chi connectivity index (χ0n) is 13.7. The Morgan fingerprint density at radius 2 is 1.92 bits per heavy atom. The molecule has 1 heterocycles. The molecular formula is C18H21ClN4O. The van der Waals surface area contributed by atoms with E-state index < -0.39 is 0 Å². The fourth-order valence-corrected chi connectivity index (χ4v) is 3.11. The second-order valence-corrected chi connectivity index (χ2v) is 6.54. The van der Waals surface area contributed by atoms with Crippen LogP contribution in [0, 0.1) is 6.92 Å². The molecule has 2 aromatic rings. The number of rotatable bonds is 4. The number of aromatic nitrogens is 2. The fraction of sp³-hybridized carbons (Fsp3) is 0.389. The third kappa shape index (κ3) is 4.23. The summed E-state index contributed by atoms with van der Waals surface area (Å²) < 4.78 is 0. The maximum atomic E-state index is 12.5. The topological polar surface area (TPSA) is 66.9 Å². The number of nitrogens with zero attached hydrogens (tertiary/aromatic N) is 2. The predicted molar refractivity (Wildman–Crippen MR) is 96.7 cm³/mol. The molecule has 2 N–H and O–H groups in total. The molecule has 1 aliphatic carbocycles. The first-order valence-electron chi connectivity index (χ1n) is 8.30. The zero-order valence-corrected chi connectivity index (χ0v) is 14.4. The second kappa shape index (κ2) is 7.62. The van der Waals surface area contributed by atoms with Crippen molar-refractivity contribution in [2.24, 2.45) is 0 Å². The third-order valence-corrected chi connectivity index (χ3v) is 4.48. The van der Waals surface area contributed by atoms with E-state index in [0.29, 0.717) is 28.4 Å². The molecule has 1 fully saturated rings. The Balaban J connectivity index is 1.75. The SMILES string of the molecule is Cc1cc(C(=O)Nc2ccccc2Cl)nc(NC2CCCCC2)n1. The standard InChI is InChI=1S/C18H21ClN4O/c1-12-11-16(17(24)22-15-10-6-5-9-14(15)19)23-18(20-12)21-13-7-3-2-4-8-13/h5-6,9-11,13H,2-4,7-8H2,1H3,(H,22,24)(H,20,21,23). The van der Waals surface area contributed by atoms with Gasteiger partial charge < -0.3 is 10.6 Å². The van der Waals surface area contributed by atoms with E-state index in [0.717, 1.165) is 18.5 Å². The van der Waals surface area contributed by atoms with Crippen LogP contribution in [0.25, 0.3) is 0 Å². The van der Waals surface area contributed by atoms with Gasteiger partial charge >= 0.3 is 0 Å². The minimum Gasteiger partial charge on any atom is -0.351 e.